The van der Waals surface area contributed by atoms with Crippen LogP contribution >= 0.6 is 22.7 Å². The van der Waals surface area contributed by atoms with Crippen molar-refractivity contribution in [2.75, 3.05) is 0 Å². The highest BCUT2D eigenvalue weighted by atomic mass is 32.1. The number of rotatable bonds is 4. The number of thiophene rings is 2. The molecule has 96 valence electrons. The van der Waals surface area contributed by atoms with Crippen LogP contribution in [0.1, 0.15) is 41.2 Å². The lowest BCUT2D eigenvalue weighted by Gasteiger charge is -2.27. The molecule has 2 aromatic heterocycles. The molecule has 2 heterocycles. The maximum Gasteiger partial charge on any atom is 0.0612 e. The summed E-state index contributed by atoms with van der Waals surface area (Å²) in [5, 5.41) is 16.9. The lowest BCUT2D eigenvalue weighted by molar-refractivity contribution is 0.126. The van der Waals surface area contributed by atoms with E-state index in [-0.39, 0.29) is 6.10 Å². The summed E-state index contributed by atoms with van der Waals surface area (Å²) in [6.07, 6.45) is 5.29. The average Bonchev–Trinajstić information content (AvgIpc) is 3.05. The first-order valence-corrected chi connectivity index (χ1v) is 8.42. The van der Waals surface area contributed by atoms with Crippen LogP contribution in [0.2, 0.25) is 0 Å². The summed E-state index contributed by atoms with van der Waals surface area (Å²) < 4.78 is 0. The van der Waals surface area contributed by atoms with E-state index in [1.165, 1.54) is 28.8 Å². The van der Waals surface area contributed by atoms with Gasteiger partial charge in [0.15, 0.2) is 0 Å². The molecule has 0 amide bonds. The molecule has 1 aliphatic carbocycles. The van der Waals surface area contributed by atoms with Crippen molar-refractivity contribution in [3.63, 3.8) is 0 Å². The Labute approximate surface area is 116 Å². The molecule has 3 heteroatoms. The molecule has 1 aliphatic rings. The molecule has 0 bridgehead atoms. The van der Waals surface area contributed by atoms with Crippen LogP contribution in [0.5, 0.6) is 0 Å². The van der Waals surface area contributed by atoms with Crippen molar-refractivity contribution in [1.29, 1.82) is 0 Å². The molecular formula is C15H18OS2. The van der Waals surface area contributed by atoms with E-state index in [1.807, 2.05) is 11.3 Å². The Kier molecular flexibility index (Phi) is 3.83. The second kappa shape index (κ2) is 5.55. The zero-order valence-corrected chi connectivity index (χ0v) is 12.0. The van der Waals surface area contributed by atoms with Crippen LogP contribution in [-0.2, 0) is 12.8 Å². The third-order valence-electron chi connectivity index (χ3n) is 3.87. The predicted molar refractivity (Wildman–Crippen MR) is 78.6 cm³/mol. The highest BCUT2D eigenvalue weighted by Gasteiger charge is 2.27. The van der Waals surface area contributed by atoms with Crippen molar-refractivity contribution >= 4 is 22.7 Å². The first-order valence-electron chi connectivity index (χ1n) is 6.60. The Morgan fingerprint density at radius 3 is 3.11 bits per heavy atom. The first-order chi connectivity index (χ1) is 8.84. The van der Waals surface area contributed by atoms with Crippen molar-refractivity contribution in [2.24, 2.45) is 0 Å². The first kappa shape index (κ1) is 12.4. The minimum Gasteiger partial charge on any atom is -0.392 e. The van der Waals surface area contributed by atoms with E-state index in [0.717, 1.165) is 19.3 Å². The predicted octanol–water partition coefficient (Wildman–Crippen LogP) is 4.22. The fraction of sp³-hybridized carbons (Fsp3) is 0.467. The number of hydrogen-bond acceptors (Lipinski definition) is 3. The summed E-state index contributed by atoms with van der Waals surface area (Å²) in [7, 11) is 0. The second-order valence-electron chi connectivity index (χ2n) is 5.04. The Bertz CT molecular complexity index is 486. The van der Waals surface area contributed by atoms with E-state index in [0.29, 0.717) is 5.92 Å². The van der Waals surface area contributed by atoms with E-state index < -0.39 is 0 Å². The summed E-state index contributed by atoms with van der Waals surface area (Å²) in [6, 6.07) is 4.38. The zero-order valence-electron chi connectivity index (χ0n) is 10.3. The van der Waals surface area contributed by atoms with Crippen LogP contribution < -0.4 is 0 Å². The number of hydrogen-bond donors (Lipinski definition) is 1. The van der Waals surface area contributed by atoms with Gasteiger partial charge < -0.3 is 5.11 Å². The van der Waals surface area contributed by atoms with Crippen LogP contribution in [0.15, 0.2) is 28.3 Å². The third-order valence-corrected chi connectivity index (χ3v) is 5.60. The molecule has 2 atom stereocenters. The van der Waals surface area contributed by atoms with E-state index in [2.05, 4.69) is 28.3 Å². The maximum absolute atomic E-state index is 10.4. The lowest BCUT2D eigenvalue weighted by Crippen LogP contribution is -2.22. The zero-order chi connectivity index (χ0) is 12.4. The largest absolute Gasteiger partial charge is 0.392 e. The van der Waals surface area contributed by atoms with Gasteiger partial charge in [-0.15, -0.1) is 11.3 Å². The van der Waals surface area contributed by atoms with Crippen LogP contribution in [0.4, 0.5) is 0 Å². The summed E-state index contributed by atoms with van der Waals surface area (Å²) in [6.45, 7) is 0. The number of aliphatic hydroxyl groups is 1. The smallest absolute Gasteiger partial charge is 0.0612 e. The molecule has 0 radical (unpaired) electrons. The van der Waals surface area contributed by atoms with Gasteiger partial charge in [0, 0.05) is 10.8 Å². The average molecular weight is 278 g/mol. The topological polar surface area (TPSA) is 20.2 Å². The van der Waals surface area contributed by atoms with Gasteiger partial charge in [0.25, 0.3) is 0 Å². The molecule has 0 saturated carbocycles. The van der Waals surface area contributed by atoms with Gasteiger partial charge >= 0.3 is 0 Å². The van der Waals surface area contributed by atoms with Gasteiger partial charge in [0.05, 0.1) is 6.10 Å². The summed E-state index contributed by atoms with van der Waals surface area (Å²) in [5.74, 6) is 0.374. The standard InChI is InChI=1S/C15H18OS2/c16-14(5-4-11-6-8-17-10-11)12-2-1-3-15-13(12)7-9-18-15/h6-10,12,14,16H,1-5H2. The van der Waals surface area contributed by atoms with E-state index in [1.54, 1.807) is 11.3 Å². The molecule has 1 nitrogen and oxygen atoms in total. The number of aliphatic hydroxyl groups excluding tert-OH is 1. The minimum atomic E-state index is -0.182. The quantitative estimate of drug-likeness (QED) is 0.887. The van der Waals surface area contributed by atoms with Crippen molar-refractivity contribution in [3.05, 3.63) is 44.3 Å². The van der Waals surface area contributed by atoms with Gasteiger partial charge in [-0.1, -0.05) is 0 Å². The fourth-order valence-corrected chi connectivity index (χ4v) is 4.57. The number of fused-ring (bicyclic) bond motifs is 1. The van der Waals surface area contributed by atoms with Gasteiger partial charge in [0.2, 0.25) is 0 Å². The monoisotopic (exact) mass is 278 g/mol. The summed E-state index contributed by atoms with van der Waals surface area (Å²) >= 11 is 3.59. The lowest BCUT2D eigenvalue weighted by atomic mass is 9.82. The molecule has 18 heavy (non-hydrogen) atoms. The normalized spacial score (nSPS) is 20.6. The van der Waals surface area contributed by atoms with Crippen LogP contribution in [0.25, 0.3) is 0 Å². The highest BCUT2D eigenvalue weighted by molar-refractivity contribution is 7.10. The van der Waals surface area contributed by atoms with Gasteiger partial charge in [-0.3, -0.25) is 0 Å². The Balaban J connectivity index is 1.65. The summed E-state index contributed by atoms with van der Waals surface area (Å²) in [5.41, 5.74) is 2.78. The van der Waals surface area contributed by atoms with Crippen LogP contribution in [0, 0.1) is 0 Å². The summed E-state index contributed by atoms with van der Waals surface area (Å²) in [4.78, 5) is 1.50. The van der Waals surface area contributed by atoms with Crippen molar-refractivity contribution in [2.45, 2.75) is 44.1 Å². The highest BCUT2D eigenvalue weighted by Crippen LogP contribution is 2.38. The maximum atomic E-state index is 10.4. The molecule has 2 unspecified atom stereocenters. The van der Waals surface area contributed by atoms with E-state index in [9.17, 15) is 5.11 Å². The molecule has 2 aromatic rings. The van der Waals surface area contributed by atoms with Crippen LogP contribution in [0.3, 0.4) is 0 Å². The van der Waals surface area contributed by atoms with Crippen LogP contribution in [-0.4, -0.2) is 11.2 Å². The van der Waals surface area contributed by atoms with E-state index >= 15 is 0 Å². The molecule has 0 spiro atoms. The van der Waals surface area contributed by atoms with Crippen molar-refractivity contribution in [3.8, 4) is 0 Å². The molecule has 3 rings (SSSR count). The Hall–Kier alpha value is -0.640. The SMILES string of the molecule is OC(CCc1ccsc1)C1CCCc2sccc21. The third kappa shape index (κ3) is 2.53. The number of aryl methyl sites for hydroxylation is 2. The molecule has 1 N–H and O–H groups in total. The second-order valence-corrected chi connectivity index (χ2v) is 6.82. The molecule has 0 saturated heterocycles. The Morgan fingerprint density at radius 1 is 1.33 bits per heavy atom. The molecular weight excluding hydrogens is 260 g/mol. The van der Waals surface area contributed by atoms with Gasteiger partial charge in [0.1, 0.15) is 0 Å². The van der Waals surface area contributed by atoms with Gasteiger partial charge in [-0.2, -0.15) is 11.3 Å². The van der Waals surface area contributed by atoms with Crippen molar-refractivity contribution < 1.29 is 5.11 Å². The molecule has 0 aliphatic heterocycles. The van der Waals surface area contributed by atoms with Crippen molar-refractivity contribution in [1.82, 2.24) is 0 Å². The Morgan fingerprint density at radius 2 is 2.28 bits per heavy atom. The fourth-order valence-electron chi connectivity index (χ4n) is 2.87. The van der Waals surface area contributed by atoms with Gasteiger partial charge in [-0.25, -0.2) is 0 Å². The molecule has 0 fully saturated rings. The molecule has 0 aromatic carbocycles. The minimum absolute atomic E-state index is 0.182. The van der Waals surface area contributed by atoms with Gasteiger partial charge in [-0.05, 0) is 71.5 Å². The van der Waals surface area contributed by atoms with E-state index in [4.69, 9.17) is 0 Å².